The molecule has 1 aliphatic heterocycles. The van der Waals surface area contributed by atoms with Crippen molar-refractivity contribution < 1.29 is 19.5 Å². The predicted octanol–water partition coefficient (Wildman–Crippen LogP) is -0.169. The highest BCUT2D eigenvalue weighted by atomic mass is 16.3. The van der Waals surface area contributed by atoms with Gasteiger partial charge in [0, 0.05) is 0 Å². The van der Waals surface area contributed by atoms with Gasteiger partial charge in [-0.05, 0) is 24.3 Å². The molecule has 7 heteroatoms. The summed E-state index contributed by atoms with van der Waals surface area (Å²) in [7, 11) is 0. The number of hydrogen-bond donors (Lipinski definition) is 3. The molecule has 1 aliphatic rings. The van der Waals surface area contributed by atoms with Gasteiger partial charge in [0.15, 0.2) is 5.71 Å². The number of phenolic OH excluding ortho intramolecular Hbond substituents is 1. The lowest BCUT2D eigenvalue weighted by molar-refractivity contribution is -0.119. The first kappa shape index (κ1) is 10.8. The van der Waals surface area contributed by atoms with Gasteiger partial charge in [-0.2, -0.15) is 0 Å². The molecular formula is C10H7N3O4. The molecule has 0 spiro atoms. The van der Waals surface area contributed by atoms with Gasteiger partial charge in [0.2, 0.25) is 0 Å². The predicted molar refractivity (Wildman–Crippen MR) is 56.9 cm³/mol. The summed E-state index contributed by atoms with van der Waals surface area (Å²) in [5.41, 5.74) is -0.0901. The molecule has 4 amide bonds. The van der Waals surface area contributed by atoms with E-state index in [4.69, 9.17) is 5.11 Å². The second-order valence-corrected chi connectivity index (χ2v) is 3.21. The van der Waals surface area contributed by atoms with Crippen LogP contribution >= 0.6 is 0 Å². The van der Waals surface area contributed by atoms with Crippen molar-refractivity contribution in [3.63, 3.8) is 0 Å². The summed E-state index contributed by atoms with van der Waals surface area (Å²) >= 11 is 0. The average Bonchev–Trinajstić information content (AvgIpc) is 2.26. The quantitative estimate of drug-likeness (QED) is 0.625. The summed E-state index contributed by atoms with van der Waals surface area (Å²) in [6, 6.07) is 4.72. The molecule has 0 atom stereocenters. The lowest BCUT2D eigenvalue weighted by Gasteiger charge is -2.12. The van der Waals surface area contributed by atoms with Crippen molar-refractivity contribution in [3.8, 4) is 5.75 Å². The van der Waals surface area contributed by atoms with Crippen LogP contribution in [0.4, 0.5) is 10.5 Å². The number of aliphatic imine (C=N–C) groups is 1. The van der Waals surface area contributed by atoms with E-state index in [-0.39, 0.29) is 5.75 Å². The van der Waals surface area contributed by atoms with Gasteiger partial charge < -0.3 is 5.11 Å². The van der Waals surface area contributed by atoms with E-state index in [0.29, 0.717) is 5.69 Å². The Morgan fingerprint density at radius 1 is 0.941 bits per heavy atom. The minimum atomic E-state index is -0.871. The Kier molecular flexibility index (Phi) is 2.57. The van der Waals surface area contributed by atoms with Crippen LogP contribution in [-0.2, 0) is 9.59 Å². The minimum Gasteiger partial charge on any atom is -0.508 e. The van der Waals surface area contributed by atoms with E-state index in [1.807, 2.05) is 10.6 Å². The molecule has 0 saturated carbocycles. The van der Waals surface area contributed by atoms with E-state index in [0.717, 1.165) is 0 Å². The van der Waals surface area contributed by atoms with E-state index < -0.39 is 23.6 Å². The number of imide groups is 2. The van der Waals surface area contributed by atoms with Crippen LogP contribution in [0.25, 0.3) is 0 Å². The largest absolute Gasteiger partial charge is 0.508 e. The second-order valence-electron chi connectivity index (χ2n) is 3.21. The van der Waals surface area contributed by atoms with Crippen molar-refractivity contribution in [3.05, 3.63) is 24.3 Å². The second kappa shape index (κ2) is 4.05. The molecule has 0 aliphatic carbocycles. The Balaban J connectivity index is 2.32. The van der Waals surface area contributed by atoms with Gasteiger partial charge in [-0.15, -0.1) is 0 Å². The maximum absolute atomic E-state index is 11.3. The van der Waals surface area contributed by atoms with Crippen molar-refractivity contribution in [1.82, 2.24) is 10.6 Å². The highest BCUT2D eigenvalue weighted by Crippen LogP contribution is 2.17. The van der Waals surface area contributed by atoms with Crippen LogP contribution in [0.15, 0.2) is 29.3 Å². The first-order valence-corrected chi connectivity index (χ1v) is 4.60. The topological polar surface area (TPSA) is 108 Å². The minimum absolute atomic E-state index is 0.0432. The number of urea groups is 1. The number of nitrogens with zero attached hydrogens (tertiary/aromatic N) is 1. The molecule has 3 N–H and O–H groups in total. The number of rotatable bonds is 1. The molecule has 1 heterocycles. The van der Waals surface area contributed by atoms with Crippen LogP contribution in [0.2, 0.25) is 0 Å². The molecule has 1 aromatic rings. The molecular weight excluding hydrogens is 226 g/mol. The van der Waals surface area contributed by atoms with E-state index in [9.17, 15) is 14.4 Å². The molecule has 0 bridgehead atoms. The number of hydrogen-bond acceptors (Lipinski definition) is 5. The zero-order valence-electron chi connectivity index (χ0n) is 8.43. The molecule has 0 radical (unpaired) electrons. The van der Waals surface area contributed by atoms with Crippen LogP contribution in [0.3, 0.4) is 0 Å². The summed E-state index contributed by atoms with van der Waals surface area (Å²) in [5, 5.41) is 12.9. The normalized spacial score (nSPS) is 15.3. The smallest absolute Gasteiger partial charge is 0.328 e. The number of nitrogens with one attached hydrogen (secondary N) is 2. The Labute approximate surface area is 95.2 Å². The van der Waals surface area contributed by atoms with Crippen LogP contribution < -0.4 is 10.6 Å². The van der Waals surface area contributed by atoms with Crippen molar-refractivity contribution in [1.29, 1.82) is 0 Å². The number of phenols is 1. The van der Waals surface area contributed by atoms with Gasteiger partial charge in [0.05, 0.1) is 5.69 Å². The number of barbiturate groups is 1. The number of amides is 4. The summed E-state index contributed by atoms with van der Waals surface area (Å²) in [6.45, 7) is 0. The third kappa shape index (κ3) is 2.28. The monoisotopic (exact) mass is 233 g/mol. The van der Waals surface area contributed by atoms with Gasteiger partial charge in [-0.25, -0.2) is 9.79 Å². The van der Waals surface area contributed by atoms with Crippen molar-refractivity contribution in [2.24, 2.45) is 4.99 Å². The Hall–Kier alpha value is -2.70. The fraction of sp³-hybridized carbons (Fsp3) is 0. The third-order valence-corrected chi connectivity index (χ3v) is 1.97. The molecule has 2 rings (SSSR count). The van der Waals surface area contributed by atoms with E-state index in [2.05, 4.69) is 4.99 Å². The molecule has 0 unspecified atom stereocenters. The molecule has 17 heavy (non-hydrogen) atoms. The molecule has 7 nitrogen and oxygen atoms in total. The maximum Gasteiger partial charge on any atom is 0.328 e. The lowest BCUT2D eigenvalue weighted by atomic mass is 10.2. The van der Waals surface area contributed by atoms with Crippen LogP contribution in [0, 0.1) is 0 Å². The van der Waals surface area contributed by atoms with Crippen molar-refractivity contribution in [2.75, 3.05) is 0 Å². The number of benzene rings is 1. The van der Waals surface area contributed by atoms with Crippen LogP contribution in [-0.4, -0.2) is 28.7 Å². The summed E-state index contributed by atoms with van der Waals surface area (Å²) < 4.78 is 0. The fourth-order valence-electron chi connectivity index (χ4n) is 1.22. The zero-order valence-corrected chi connectivity index (χ0v) is 8.43. The number of carbonyl (C=O) groups is 3. The number of carbonyl (C=O) groups excluding carboxylic acids is 3. The standard InChI is InChI=1S/C10H7N3O4/c14-6-3-1-5(2-4-6)11-7-8(15)12-10(17)13-9(7)16/h1-4,14H,(H2,12,13,15,16,17). The van der Waals surface area contributed by atoms with Crippen LogP contribution in [0.1, 0.15) is 0 Å². The third-order valence-electron chi connectivity index (χ3n) is 1.97. The Bertz CT molecular complexity index is 511. The first-order chi connectivity index (χ1) is 8.06. The van der Waals surface area contributed by atoms with Crippen molar-refractivity contribution >= 4 is 29.2 Å². The highest BCUT2D eigenvalue weighted by Gasteiger charge is 2.29. The highest BCUT2D eigenvalue weighted by molar-refractivity contribution is 6.69. The summed E-state index contributed by atoms with van der Waals surface area (Å²) in [6.07, 6.45) is 0. The van der Waals surface area contributed by atoms with Gasteiger partial charge in [0.1, 0.15) is 5.75 Å². The zero-order chi connectivity index (χ0) is 12.4. The molecule has 0 aromatic heterocycles. The molecule has 1 fully saturated rings. The van der Waals surface area contributed by atoms with Crippen LogP contribution in [0.5, 0.6) is 5.75 Å². The van der Waals surface area contributed by atoms with Gasteiger partial charge >= 0.3 is 6.03 Å². The van der Waals surface area contributed by atoms with E-state index in [1.165, 1.54) is 24.3 Å². The Morgan fingerprint density at radius 2 is 1.47 bits per heavy atom. The average molecular weight is 233 g/mol. The van der Waals surface area contributed by atoms with E-state index >= 15 is 0 Å². The lowest BCUT2D eigenvalue weighted by Crippen LogP contribution is -2.56. The molecule has 86 valence electrons. The Morgan fingerprint density at radius 3 is 2.00 bits per heavy atom. The van der Waals surface area contributed by atoms with Gasteiger partial charge in [0.25, 0.3) is 11.8 Å². The first-order valence-electron chi connectivity index (χ1n) is 4.60. The SMILES string of the molecule is O=C1NC(=O)C(=Nc2ccc(O)cc2)C(=O)N1. The fourth-order valence-corrected chi connectivity index (χ4v) is 1.22. The van der Waals surface area contributed by atoms with E-state index in [1.54, 1.807) is 0 Å². The number of aromatic hydroxyl groups is 1. The molecule has 1 aromatic carbocycles. The van der Waals surface area contributed by atoms with Crippen molar-refractivity contribution in [2.45, 2.75) is 0 Å². The molecule has 1 saturated heterocycles. The van der Waals surface area contributed by atoms with Gasteiger partial charge in [-0.1, -0.05) is 0 Å². The summed E-state index contributed by atoms with van der Waals surface area (Å²) in [5.74, 6) is -1.67. The maximum atomic E-state index is 11.3. The van der Waals surface area contributed by atoms with Gasteiger partial charge in [-0.3, -0.25) is 20.2 Å². The summed E-state index contributed by atoms with van der Waals surface area (Å²) in [4.78, 5) is 37.2.